The second-order valence-corrected chi connectivity index (χ2v) is 8.44. The molecule has 0 aliphatic carbocycles. The Balaban J connectivity index is 3.43. The Bertz CT molecular complexity index is 957. The fraction of sp³-hybridized carbons (Fsp3) is 0.435. The van der Waals surface area contributed by atoms with E-state index in [4.69, 9.17) is 10.5 Å². The first-order chi connectivity index (χ1) is 16.3. The third-order valence-electron chi connectivity index (χ3n) is 4.38. The molecule has 5 N–H and O–H groups in total. The number of hydrogen-bond acceptors (Lipinski definition) is 8. The first-order valence-corrected chi connectivity index (χ1v) is 10.6. The van der Waals surface area contributed by atoms with Gasteiger partial charge >= 0.3 is 12.1 Å². The number of phenolic OH excluding ortho intramolecular Hbond substituents is 1. The zero-order valence-electron chi connectivity index (χ0n) is 20.2. The van der Waals surface area contributed by atoms with Crippen molar-refractivity contribution in [2.24, 2.45) is 5.73 Å². The van der Waals surface area contributed by atoms with Crippen molar-refractivity contribution >= 4 is 29.8 Å². The summed E-state index contributed by atoms with van der Waals surface area (Å²) in [7, 11) is 1.14. The van der Waals surface area contributed by atoms with Crippen LogP contribution in [0, 0.1) is 0 Å². The van der Waals surface area contributed by atoms with Crippen molar-refractivity contribution in [2.45, 2.75) is 44.9 Å². The lowest BCUT2D eigenvalue weighted by Gasteiger charge is -2.33. The van der Waals surface area contributed by atoms with Gasteiger partial charge in [-0.15, -0.1) is 6.58 Å². The van der Waals surface area contributed by atoms with Crippen molar-refractivity contribution in [3.8, 4) is 5.75 Å². The van der Waals surface area contributed by atoms with E-state index in [0.29, 0.717) is 0 Å². The molecule has 0 aliphatic rings. The number of carbonyl (C=O) groups is 5. The Labute approximate surface area is 203 Å². The summed E-state index contributed by atoms with van der Waals surface area (Å²) in [6.07, 6.45) is -0.224. The van der Waals surface area contributed by atoms with Gasteiger partial charge in [0.1, 0.15) is 30.0 Å². The molecule has 2 atom stereocenters. The summed E-state index contributed by atoms with van der Waals surface area (Å²) in [5.74, 6) is -3.43. The number of amides is 4. The Hall–Kier alpha value is -4.09. The first-order valence-electron chi connectivity index (χ1n) is 10.6. The average Bonchev–Trinajstić information content (AvgIpc) is 2.74. The molecule has 192 valence electrons. The number of benzene rings is 1. The molecule has 0 aliphatic heterocycles. The minimum Gasteiger partial charge on any atom is -0.508 e. The molecule has 4 amide bonds. The van der Waals surface area contributed by atoms with E-state index in [1.807, 2.05) is 0 Å². The van der Waals surface area contributed by atoms with Crippen LogP contribution in [0.3, 0.4) is 0 Å². The van der Waals surface area contributed by atoms with Crippen LogP contribution in [0.1, 0.15) is 38.8 Å². The average molecular weight is 493 g/mol. The highest BCUT2D eigenvalue weighted by Crippen LogP contribution is 2.26. The highest BCUT2D eigenvalue weighted by atomic mass is 16.6. The van der Waals surface area contributed by atoms with Crippen molar-refractivity contribution in [3.05, 3.63) is 42.5 Å². The molecule has 1 aromatic carbocycles. The molecule has 0 aromatic heterocycles. The van der Waals surface area contributed by atoms with Crippen LogP contribution in [0.15, 0.2) is 36.9 Å². The van der Waals surface area contributed by atoms with Gasteiger partial charge in [0.15, 0.2) is 0 Å². The summed E-state index contributed by atoms with van der Waals surface area (Å²) < 4.78 is 9.69. The number of primary amides is 1. The number of phenols is 1. The van der Waals surface area contributed by atoms with Gasteiger partial charge in [0, 0.05) is 6.54 Å². The van der Waals surface area contributed by atoms with Crippen molar-refractivity contribution in [1.82, 2.24) is 15.5 Å². The second-order valence-electron chi connectivity index (χ2n) is 8.44. The van der Waals surface area contributed by atoms with E-state index in [1.54, 1.807) is 20.8 Å². The van der Waals surface area contributed by atoms with Gasteiger partial charge in [-0.1, -0.05) is 18.2 Å². The maximum absolute atomic E-state index is 13.5. The van der Waals surface area contributed by atoms with Crippen molar-refractivity contribution in [3.63, 3.8) is 0 Å². The summed E-state index contributed by atoms with van der Waals surface area (Å²) in [5, 5.41) is 14.6. The maximum Gasteiger partial charge on any atom is 0.408 e. The SMILES string of the molecule is C=CCN(C(=O)C(CC(N)=O)NC(=O)OC(C)(C)C)C(C(=O)NCC(=O)OC)c1cccc(O)c1. The predicted molar refractivity (Wildman–Crippen MR) is 125 cm³/mol. The van der Waals surface area contributed by atoms with Crippen LogP contribution in [-0.2, 0) is 28.7 Å². The molecule has 12 heteroatoms. The third-order valence-corrected chi connectivity index (χ3v) is 4.38. The van der Waals surface area contributed by atoms with E-state index in [1.165, 1.54) is 30.3 Å². The van der Waals surface area contributed by atoms with Crippen LogP contribution in [0.5, 0.6) is 5.75 Å². The second kappa shape index (κ2) is 13.0. The Kier molecular flexibility index (Phi) is 10.7. The summed E-state index contributed by atoms with van der Waals surface area (Å²) in [5.41, 5.74) is 4.59. The van der Waals surface area contributed by atoms with Crippen molar-refractivity contribution in [1.29, 1.82) is 0 Å². The summed E-state index contributed by atoms with van der Waals surface area (Å²) >= 11 is 0. The predicted octanol–water partition coefficient (Wildman–Crippen LogP) is 0.506. The van der Waals surface area contributed by atoms with E-state index in [-0.39, 0.29) is 17.9 Å². The molecule has 2 unspecified atom stereocenters. The number of aromatic hydroxyl groups is 1. The number of alkyl carbamates (subject to hydrolysis) is 1. The number of nitrogens with zero attached hydrogens (tertiary/aromatic N) is 1. The van der Waals surface area contributed by atoms with Gasteiger partial charge in [-0.2, -0.15) is 0 Å². The Morgan fingerprint density at radius 2 is 1.89 bits per heavy atom. The molecular weight excluding hydrogens is 460 g/mol. The Morgan fingerprint density at radius 3 is 2.40 bits per heavy atom. The quantitative estimate of drug-likeness (QED) is 0.255. The van der Waals surface area contributed by atoms with Crippen LogP contribution in [0.2, 0.25) is 0 Å². The fourth-order valence-corrected chi connectivity index (χ4v) is 3.01. The van der Waals surface area contributed by atoms with Gasteiger partial charge in [-0.05, 0) is 38.5 Å². The molecule has 1 aromatic rings. The van der Waals surface area contributed by atoms with Crippen LogP contribution < -0.4 is 16.4 Å². The molecule has 35 heavy (non-hydrogen) atoms. The van der Waals surface area contributed by atoms with Crippen LogP contribution in [0.4, 0.5) is 4.79 Å². The van der Waals surface area contributed by atoms with Crippen molar-refractivity contribution in [2.75, 3.05) is 20.2 Å². The Morgan fingerprint density at radius 1 is 1.23 bits per heavy atom. The first kappa shape index (κ1) is 28.9. The molecule has 1 rings (SSSR count). The number of carbonyl (C=O) groups excluding carboxylic acids is 5. The van der Waals surface area contributed by atoms with Gasteiger partial charge < -0.3 is 35.8 Å². The van der Waals surface area contributed by atoms with Gasteiger partial charge in [0.05, 0.1) is 13.5 Å². The number of rotatable bonds is 11. The molecule has 0 spiro atoms. The molecule has 0 fully saturated rings. The molecule has 12 nitrogen and oxygen atoms in total. The largest absolute Gasteiger partial charge is 0.508 e. The summed E-state index contributed by atoms with van der Waals surface area (Å²) in [6.45, 7) is 7.77. The van der Waals surface area contributed by atoms with Gasteiger partial charge in [0.25, 0.3) is 0 Å². The lowest BCUT2D eigenvalue weighted by molar-refractivity contribution is -0.144. The van der Waals surface area contributed by atoms with E-state index in [0.717, 1.165) is 12.0 Å². The van der Waals surface area contributed by atoms with E-state index < -0.39 is 60.4 Å². The molecule has 0 bridgehead atoms. The summed E-state index contributed by atoms with van der Waals surface area (Å²) in [4.78, 5) is 63.2. The minimum absolute atomic E-state index is 0.181. The van der Waals surface area contributed by atoms with Gasteiger partial charge in [0.2, 0.25) is 17.7 Å². The number of esters is 1. The zero-order chi connectivity index (χ0) is 26.8. The molecular formula is C23H32N4O8. The normalized spacial score (nSPS) is 12.5. The smallest absolute Gasteiger partial charge is 0.408 e. The zero-order valence-corrected chi connectivity index (χ0v) is 20.2. The highest BCUT2D eigenvalue weighted by Gasteiger charge is 2.36. The van der Waals surface area contributed by atoms with Crippen molar-refractivity contribution < 1.29 is 38.6 Å². The minimum atomic E-state index is -1.48. The number of methoxy groups -OCH3 is 1. The molecule has 0 saturated heterocycles. The van der Waals surface area contributed by atoms with E-state index in [9.17, 15) is 29.1 Å². The fourth-order valence-electron chi connectivity index (χ4n) is 3.01. The summed E-state index contributed by atoms with van der Waals surface area (Å²) in [6, 6.07) is 2.71. The molecule has 0 radical (unpaired) electrons. The monoisotopic (exact) mass is 492 g/mol. The maximum atomic E-state index is 13.5. The highest BCUT2D eigenvalue weighted by molar-refractivity contribution is 5.95. The van der Waals surface area contributed by atoms with Crippen LogP contribution in [-0.4, -0.2) is 71.6 Å². The number of nitrogens with one attached hydrogen (secondary N) is 2. The lowest BCUT2D eigenvalue weighted by atomic mass is 10.0. The number of ether oxygens (including phenoxy) is 2. The van der Waals surface area contributed by atoms with Gasteiger partial charge in [-0.3, -0.25) is 19.2 Å². The number of hydrogen-bond donors (Lipinski definition) is 4. The van der Waals surface area contributed by atoms with E-state index >= 15 is 0 Å². The van der Waals surface area contributed by atoms with Crippen LogP contribution in [0.25, 0.3) is 0 Å². The number of nitrogens with two attached hydrogens (primary N) is 1. The third kappa shape index (κ3) is 9.74. The van der Waals surface area contributed by atoms with E-state index in [2.05, 4.69) is 21.9 Å². The van der Waals surface area contributed by atoms with Gasteiger partial charge in [-0.25, -0.2) is 4.79 Å². The standard InChI is InChI=1S/C23H32N4O8/c1-6-10-27(21(32)16(12-17(24)29)26-22(33)35-23(2,3)4)19(14-8-7-9-15(28)11-14)20(31)25-13-18(30)34-5/h6-9,11,16,19,28H,1,10,12-13H2,2-5H3,(H2,24,29)(H,25,31)(H,26,33). The van der Waals surface area contributed by atoms with Crippen LogP contribution >= 0.6 is 0 Å². The molecule has 0 heterocycles. The lowest BCUT2D eigenvalue weighted by Crippen LogP contribution is -2.54. The molecule has 0 saturated carbocycles. The topological polar surface area (TPSA) is 177 Å².